The molecule has 2 heterocycles. The van der Waals surface area contributed by atoms with Crippen molar-refractivity contribution in [1.29, 1.82) is 0 Å². The van der Waals surface area contributed by atoms with Crippen molar-refractivity contribution in [2.24, 2.45) is 11.8 Å². The van der Waals surface area contributed by atoms with Crippen LogP contribution in [0.15, 0.2) is 24.4 Å². The van der Waals surface area contributed by atoms with Crippen LogP contribution in [0, 0.1) is 11.8 Å². The lowest BCUT2D eigenvalue weighted by atomic mass is 10.1. The van der Waals surface area contributed by atoms with Crippen LogP contribution in [0.25, 0.3) is 0 Å². The summed E-state index contributed by atoms with van der Waals surface area (Å²) >= 11 is 0. The molecule has 2 aliphatic rings. The average Bonchev–Trinajstić information content (AvgIpc) is 3.02. The molecule has 0 aromatic carbocycles. The minimum atomic E-state index is 0.0518. The molecule has 0 radical (unpaired) electrons. The molecule has 0 spiro atoms. The average molecular weight is 274 g/mol. The Morgan fingerprint density at radius 2 is 2.30 bits per heavy atom. The van der Waals surface area contributed by atoms with E-state index in [2.05, 4.69) is 18.8 Å². The van der Waals surface area contributed by atoms with Gasteiger partial charge in [-0.2, -0.15) is 0 Å². The number of piperidine rings is 1. The zero-order chi connectivity index (χ0) is 14.1. The third-order valence-corrected chi connectivity index (χ3v) is 4.28. The van der Waals surface area contributed by atoms with E-state index in [4.69, 9.17) is 4.74 Å². The predicted octanol–water partition coefficient (Wildman–Crippen LogP) is 2.36. The number of aromatic nitrogens is 1. The van der Waals surface area contributed by atoms with Crippen LogP contribution < -0.4 is 0 Å². The van der Waals surface area contributed by atoms with Crippen LogP contribution in [-0.4, -0.2) is 41.1 Å². The lowest BCUT2D eigenvalue weighted by Gasteiger charge is -2.27. The zero-order valence-corrected chi connectivity index (χ0v) is 12.2. The Hall–Kier alpha value is -1.42. The summed E-state index contributed by atoms with van der Waals surface area (Å²) in [5.41, 5.74) is 0.544. The molecule has 1 aliphatic carbocycles. The minimum absolute atomic E-state index is 0.0518. The number of carbonyl (C=O) groups is 1. The van der Waals surface area contributed by atoms with Gasteiger partial charge in [-0.15, -0.1) is 0 Å². The lowest BCUT2D eigenvalue weighted by Crippen LogP contribution is -2.40. The van der Waals surface area contributed by atoms with Crippen molar-refractivity contribution in [3.05, 3.63) is 30.1 Å². The standard InChI is InChI=1S/C16H22N2O2/c1-11(2)10-20-15-12-6-7-14(15)18(9-12)16(19)13-5-3-4-8-17-13/h3-5,8,11-12,14-15H,6-7,9-10H2,1-2H3/t12-,14+,15-/m0/s1. The highest BCUT2D eigenvalue weighted by Gasteiger charge is 2.49. The molecule has 0 N–H and O–H groups in total. The number of nitrogens with zero attached hydrogens (tertiary/aromatic N) is 2. The molecule has 4 nitrogen and oxygen atoms in total. The fourth-order valence-electron chi connectivity index (χ4n) is 3.36. The third-order valence-electron chi connectivity index (χ3n) is 4.28. The molecular formula is C16H22N2O2. The van der Waals surface area contributed by atoms with Gasteiger partial charge in [0.2, 0.25) is 0 Å². The van der Waals surface area contributed by atoms with E-state index in [0.29, 0.717) is 17.5 Å². The van der Waals surface area contributed by atoms with Gasteiger partial charge in [-0.05, 0) is 30.9 Å². The first-order valence-corrected chi connectivity index (χ1v) is 7.50. The summed E-state index contributed by atoms with van der Waals surface area (Å²) in [6.07, 6.45) is 4.14. The summed E-state index contributed by atoms with van der Waals surface area (Å²) in [6.45, 7) is 5.92. The molecule has 1 aromatic rings. The molecule has 1 amide bonds. The second-order valence-corrected chi connectivity index (χ2v) is 6.27. The predicted molar refractivity (Wildman–Crippen MR) is 76.4 cm³/mol. The van der Waals surface area contributed by atoms with Crippen molar-refractivity contribution in [1.82, 2.24) is 9.88 Å². The number of likely N-dealkylation sites (tertiary alicyclic amines) is 1. The first kappa shape index (κ1) is 13.6. The third kappa shape index (κ3) is 2.44. The SMILES string of the molecule is CC(C)CO[C@H]1[C@H]2CC[C@H]1N(C(=O)c1ccccn1)C2. The van der Waals surface area contributed by atoms with E-state index in [-0.39, 0.29) is 18.1 Å². The number of fused-ring (bicyclic) bond motifs is 2. The molecule has 20 heavy (non-hydrogen) atoms. The van der Waals surface area contributed by atoms with Crippen molar-refractivity contribution in [2.45, 2.75) is 38.8 Å². The number of hydrogen-bond acceptors (Lipinski definition) is 3. The van der Waals surface area contributed by atoms with Crippen LogP contribution in [0.3, 0.4) is 0 Å². The smallest absolute Gasteiger partial charge is 0.272 e. The van der Waals surface area contributed by atoms with E-state index in [1.807, 2.05) is 17.0 Å². The quantitative estimate of drug-likeness (QED) is 0.846. The van der Waals surface area contributed by atoms with Gasteiger partial charge in [0.1, 0.15) is 5.69 Å². The molecule has 0 unspecified atom stereocenters. The van der Waals surface area contributed by atoms with Gasteiger partial charge in [-0.3, -0.25) is 9.78 Å². The van der Waals surface area contributed by atoms with E-state index in [1.165, 1.54) is 6.42 Å². The number of carbonyl (C=O) groups excluding carboxylic acids is 1. The van der Waals surface area contributed by atoms with E-state index in [9.17, 15) is 4.79 Å². The lowest BCUT2D eigenvalue weighted by molar-refractivity contribution is 0.0130. The fourth-order valence-corrected chi connectivity index (χ4v) is 3.36. The van der Waals surface area contributed by atoms with Crippen LogP contribution in [0.1, 0.15) is 37.2 Å². The van der Waals surface area contributed by atoms with Gasteiger partial charge in [-0.1, -0.05) is 19.9 Å². The molecule has 4 heteroatoms. The number of pyridine rings is 1. The summed E-state index contributed by atoms with van der Waals surface area (Å²) in [5.74, 6) is 1.09. The molecule has 108 valence electrons. The molecule has 3 atom stereocenters. The Morgan fingerprint density at radius 3 is 3.00 bits per heavy atom. The van der Waals surface area contributed by atoms with Gasteiger partial charge in [0.15, 0.2) is 0 Å². The zero-order valence-electron chi connectivity index (χ0n) is 12.2. The number of amides is 1. The van der Waals surface area contributed by atoms with Crippen molar-refractivity contribution >= 4 is 5.91 Å². The maximum absolute atomic E-state index is 12.5. The fraction of sp³-hybridized carbons (Fsp3) is 0.625. The highest BCUT2D eigenvalue weighted by Crippen LogP contribution is 2.40. The molecule has 2 fully saturated rings. The second-order valence-electron chi connectivity index (χ2n) is 6.27. The van der Waals surface area contributed by atoms with Gasteiger partial charge in [0.25, 0.3) is 5.91 Å². The monoisotopic (exact) mass is 274 g/mol. The Balaban J connectivity index is 1.70. The van der Waals surface area contributed by atoms with Crippen molar-refractivity contribution in [3.8, 4) is 0 Å². The number of hydrogen-bond donors (Lipinski definition) is 0. The summed E-state index contributed by atoms with van der Waals surface area (Å²) in [4.78, 5) is 18.7. The van der Waals surface area contributed by atoms with Gasteiger partial charge >= 0.3 is 0 Å². The van der Waals surface area contributed by atoms with Gasteiger partial charge in [-0.25, -0.2) is 0 Å². The Bertz CT molecular complexity index is 475. The summed E-state index contributed by atoms with van der Waals surface area (Å²) in [5, 5.41) is 0. The maximum Gasteiger partial charge on any atom is 0.272 e. The summed E-state index contributed by atoms with van der Waals surface area (Å²) < 4.78 is 6.05. The van der Waals surface area contributed by atoms with E-state index in [0.717, 1.165) is 19.6 Å². The van der Waals surface area contributed by atoms with Crippen LogP contribution >= 0.6 is 0 Å². The molecule has 1 aromatic heterocycles. The molecular weight excluding hydrogens is 252 g/mol. The molecule has 3 rings (SSSR count). The summed E-state index contributed by atoms with van der Waals surface area (Å²) in [7, 11) is 0. The first-order chi connectivity index (χ1) is 9.66. The van der Waals surface area contributed by atoms with Crippen molar-refractivity contribution in [2.75, 3.05) is 13.2 Å². The van der Waals surface area contributed by atoms with Crippen LogP contribution in [0.5, 0.6) is 0 Å². The highest BCUT2D eigenvalue weighted by molar-refractivity contribution is 5.92. The van der Waals surface area contributed by atoms with E-state index in [1.54, 1.807) is 12.3 Å². The molecule has 1 saturated carbocycles. The van der Waals surface area contributed by atoms with Crippen LogP contribution in [0.4, 0.5) is 0 Å². The largest absolute Gasteiger partial charge is 0.375 e. The molecule has 2 bridgehead atoms. The summed E-state index contributed by atoms with van der Waals surface area (Å²) in [6, 6.07) is 5.73. The second kappa shape index (κ2) is 5.52. The Kier molecular flexibility index (Phi) is 3.74. The maximum atomic E-state index is 12.5. The topological polar surface area (TPSA) is 42.4 Å². The van der Waals surface area contributed by atoms with Crippen molar-refractivity contribution in [3.63, 3.8) is 0 Å². The van der Waals surface area contributed by atoms with E-state index < -0.39 is 0 Å². The van der Waals surface area contributed by atoms with Crippen LogP contribution in [-0.2, 0) is 4.74 Å². The Labute approximate surface area is 120 Å². The van der Waals surface area contributed by atoms with Gasteiger partial charge < -0.3 is 9.64 Å². The van der Waals surface area contributed by atoms with Gasteiger partial charge in [0.05, 0.1) is 12.1 Å². The first-order valence-electron chi connectivity index (χ1n) is 7.50. The number of rotatable bonds is 4. The highest BCUT2D eigenvalue weighted by atomic mass is 16.5. The van der Waals surface area contributed by atoms with E-state index >= 15 is 0 Å². The normalized spacial score (nSPS) is 28.4. The molecule has 1 saturated heterocycles. The Morgan fingerprint density at radius 1 is 1.45 bits per heavy atom. The van der Waals surface area contributed by atoms with Gasteiger partial charge in [0, 0.05) is 25.3 Å². The molecule has 1 aliphatic heterocycles. The number of ether oxygens (including phenoxy) is 1. The van der Waals surface area contributed by atoms with Crippen molar-refractivity contribution < 1.29 is 9.53 Å². The van der Waals surface area contributed by atoms with Crippen LogP contribution in [0.2, 0.25) is 0 Å². The minimum Gasteiger partial charge on any atom is -0.375 e.